The van der Waals surface area contributed by atoms with E-state index in [0.717, 1.165) is 28.3 Å². The van der Waals surface area contributed by atoms with Crippen LogP contribution in [-0.4, -0.2) is 6.54 Å². The molecule has 1 aromatic rings. The second kappa shape index (κ2) is 3.58. The third kappa shape index (κ3) is 2.15. The molecule has 1 aromatic carbocycles. The summed E-state index contributed by atoms with van der Waals surface area (Å²) in [7, 11) is 0. The van der Waals surface area contributed by atoms with Crippen molar-refractivity contribution in [2.24, 2.45) is 5.92 Å². The van der Waals surface area contributed by atoms with E-state index in [0.29, 0.717) is 0 Å². The molecule has 0 amide bonds. The Bertz CT molecular complexity index is 308. The van der Waals surface area contributed by atoms with Crippen molar-refractivity contribution >= 4 is 27.3 Å². The Morgan fingerprint density at radius 3 is 2.92 bits per heavy atom. The third-order valence-electron chi connectivity index (χ3n) is 2.33. The molecule has 0 saturated heterocycles. The van der Waals surface area contributed by atoms with Crippen LogP contribution in [0.4, 0.5) is 11.4 Å². The molecule has 1 fully saturated rings. The van der Waals surface area contributed by atoms with Gasteiger partial charge in [-0.05, 0) is 46.8 Å². The number of nitrogens with two attached hydrogens (primary N) is 1. The Hall–Kier alpha value is -0.700. The van der Waals surface area contributed by atoms with E-state index in [4.69, 9.17) is 5.73 Å². The van der Waals surface area contributed by atoms with E-state index in [1.54, 1.807) is 0 Å². The lowest BCUT2D eigenvalue weighted by molar-refractivity contribution is 0.890. The summed E-state index contributed by atoms with van der Waals surface area (Å²) in [6.07, 6.45) is 2.72. The molecule has 13 heavy (non-hydrogen) atoms. The van der Waals surface area contributed by atoms with Gasteiger partial charge in [0.2, 0.25) is 0 Å². The number of anilines is 2. The molecule has 70 valence electrons. The van der Waals surface area contributed by atoms with Crippen molar-refractivity contribution in [2.45, 2.75) is 12.8 Å². The SMILES string of the molecule is Nc1c(Br)cccc1NCC1CC1. The summed E-state index contributed by atoms with van der Waals surface area (Å²) in [6, 6.07) is 5.97. The normalized spacial score (nSPS) is 15.8. The molecule has 1 saturated carbocycles. The van der Waals surface area contributed by atoms with E-state index in [2.05, 4.69) is 21.2 Å². The topological polar surface area (TPSA) is 38.0 Å². The minimum atomic E-state index is 0.808. The zero-order valence-electron chi connectivity index (χ0n) is 7.39. The van der Waals surface area contributed by atoms with Crippen LogP contribution in [0.2, 0.25) is 0 Å². The summed E-state index contributed by atoms with van der Waals surface area (Å²) in [5.74, 6) is 0.874. The Morgan fingerprint density at radius 1 is 1.46 bits per heavy atom. The first-order valence-corrected chi connectivity index (χ1v) is 5.34. The van der Waals surface area contributed by atoms with Gasteiger partial charge >= 0.3 is 0 Å². The first-order chi connectivity index (χ1) is 6.27. The van der Waals surface area contributed by atoms with Gasteiger partial charge in [-0.2, -0.15) is 0 Å². The molecule has 1 aliphatic carbocycles. The summed E-state index contributed by atoms with van der Waals surface area (Å²) in [5.41, 5.74) is 7.73. The Labute approximate surface area is 86.6 Å². The fraction of sp³-hybridized carbons (Fsp3) is 0.400. The first kappa shape index (κ1) is 8.88. The molecule has 0 heterocycles. The van der Waals surface area contributed by atoms with Crippen molar-refractivity contribution in [2.75, 3.05) is 17.6 Å². The van der Waals surface area contributed by atoms with Gasteiger partial charge in [-0.3, -0.25) is 0 Å². The fourth-order valence-corrected chi connectivity index (χ4v) is 1.63. The van der Waals surface area contributed by atoms with E-state index < -0.39 is 0 Å². The Balaban J connectivity index is 2.05. The predicted molar refractivity (Wildman–Crippen MR) is 59.8 cm³/mol. The Kier molecular flexibility index (Phi) is 2.44. The quantitative estimate of drug-likeness (QED) is 0.798. The van der Waals surface area contributed by atoms with Gasteiger partial charge in [0.25, 0.3) is 0 Å². The first-order valence-electron chi connectivity index (χ1n) is 4.55. The lowest BCUT2D eigenvalue weighted by Gasteiger charge is -2.09. The molecule has 2 nitrogen and oxygen atoms in total. The third-order valence-corrected chi connectivity index (χ3v) is 3.02. The smallest absolute Gasteiger partial charge is 0.0694 e. The van der Waals surface area contributed by atoms with Crippen molar-refractivity contribution in [3.8, 4) is 0 Å². The van der Waals surface area contributed by atoms with Crippen LogP contribution in [0.1, 0.15) is 12.8 Å². The summed E-state index contributed by atoms with van der Waals surface area (Å²) in [4.78, 5) is 0. The lowest BCUT2D eigenvalue weighted by Crippen LogP contribution is -2.05. The standard InChI is InChI=1S/C10H13BrN2/c11-8-2-1-3-9(10(8)12)13-6-7-4-5-7/h1-3,7,13H,4-6,12H2. The van der Waals surface area contributed by atoms with E-state index >= 15 is 0 Å². The van der Waals surface area contributed by atoms with Crippen LogP contribution in [0.25, 0.3) is 0 Å². The van der Waals surface area contributed by atoms with Gasteiger partial charge < -0.3 is 11.1 Å². The van der Waals surface area contributed by atoms with Gasteiger partial charge in [-0.1, -0.05) is 6.07 Å². The highest BCUT2D eigenvalue weighted by molar-refractivity contribution is 9.10. The average molecular weight is 241 g/mol. The monoisotopic (exact) mass is 240 g/mol. The maximum Gasteiger partial charge on any atom is 0.0694 e. The van der Waals surface area contributed by atoms with Gasteiger partial charge in [0.15, 0.2) is 0 Å². The number of nitrogens with one attached hydrogen (secondary N) is 1. The zero-order valence-corrected chi connectivity index (χ0v) is 8.97. The molecular weight excluding hydrogens is 228 g/mol. The van der Waals surface area contributed by atoms with Crippen LogP contribution in [0.15, 0.2) is 22.7 Å². The van der Waals surface area contributed by atoms with Crippen molar-refractivity contribution in [3.63, 3.8) is 0 Å². The maximum absolute atomic E-state index is 5.88. The summed E-state index contributed by atoms with van der Waals surface area (Å²) >= 11 is 3.40. The number of benzene rings is 1. The van der Waals surface area contributed by atoms with Gasteiger partial charge in [0.05, 0.1) is 11.4 Å². The second-order valence-electron chi connectivity index (χ2n) is 3.53. The molecule has 0 atom stereocenters. The predicted octanol–water partition coefficient (Wildman–Crippen LogP) is 2.85. The highest BCUT2D eigenvalue weighted by atomic mass is 79.9. The lowest BCUT2D eigenvalue weighted by atomic mass is 10.2. The van der Waals surface area contributed by atoms with Crippen molar-refractivity contribution in [1.82, 2.24) is 0 Å². The van der Waals surface area contributed by atoms with Gasteiger partial charge in [-0.15, -0.1) is 0 Å². The number of hydrogen-bond donors (Lipinski definition) is 2. The van der Waals surface area contributed by atoms with Gasteiger partial charge in [-0.25, -0.2) is 0 Å². The minimum absolute atomic E-state index is 0.808. The largest absolute Gasteiger partial charge is 0.396 e. The highest BCUT2D eigenvalue weighted by Gasteiger charge is 2.20. The van der Waals surface area contributed by atoms with Gasteiger partial charge in [0, 0.05) is 11.0 Å². The summed E-state index contributed by atoms with van der Waals surface area (Å²) < 4.78 is 0.966. The van der Waals surface area contributed by atoms with Crippen LogP contribution in [0.3, 0.4) is 0 Å². The summed E-state index contributed by atoms with van der Waals surface area (Å²) in [5, 5.41) is 3.36. The van der Waals surface area contributed by atoms with Crippen LogP contribution in [0, 0.1) is 5.92 Å². The molecule has 3 N–H and O–H groups in total. The van der Waals surface area contributed by atoms with Crippen LogP contribution < -0.4 is 11.1 Å². The maximum atomic E-state index is 5.88. The molecule has 2 rings (SSSR count). The van der Waals surface area contributed by atoms with E-state index in [9.17, 15) is 0 Å². The van der Waals surface area contributed by atoms with Crippen molar-refractivity contribution in [1.29, 1.82) is 0 Å². The molecule has 0 aromatic heterocycles. The number of nitrogen functional groups attached to an aromatic ring is 1. The average Bonchev–Trinajstić information content (AvgIpc) is 2.91. The van der Waals surface area contributed by atoms with E-state index in [-0.39, 0.29) is 0 Å². The number of hydrogen-bond acceptors (Lipinski definition) is 2. The zero-order chi connectivity index (χ0) is 9.26. The second-order valence-corrected chi connectivity index (χ2v) is 4.38. The molecule has 0 unspecified atom stereocenters. The van der Waals surface area contributed by atoms with Crippen molar-refractivity contribution < 1.29 is 0 Å². The molecule has 0 aliphatic heterocycles. The number of rotatable bonds is 3. The van der Waals surface area contributed by atoms with Crippen LogP contribution in [-0.2, 0) is 0 Å². The van der Waals surface area contributed by atoms with Crippen LogP contribution in [0.5, 0.6) is 0 Å². The van der Waals surface area contributed by atoms with Gasteiger partial charge in [0.1, 0.15) is 0 Å². The van der Waals surface area contributed by atoms with E-state index in [1.165, 1.54) is 12.8 Å². The molecule has 0 bridgehead atoms. The molecule has 1 aliphatic rings. The number of halogens is 1. The van der Waals surface area contributed by atoms with Crippen LogP contribution >= 0.6 is 15.9 Å². The van der Waals surface area contributed by atoms with Crippen molar-refractivity contribution in [3.05, 3.63) is 22.7 Å². The molecule has 3 heteroatoms. The van der Waals surface area contributed by atoms with E-state index in [1.807, 2.05) is 18.2 Å². The Morgan fingerprint density at radius 2 is 2.23 bits per heavy atom. The number of para-hydroxylation sites is 1. The minimum Gasteiger partial charge on any atom is -0.396 e. The highest BCUT2D eigenvalue weighted by Crippen LogP contribution is 2.31. The molecule has 0 spiro atoms. The molecular formula is C10H13BrN2. The fourth-order valence-electron chi connectivity index (χ4n) is 1.27. The molecule has 0 radical (unpaired) electrons. The summed E-state index contributed by atoms with van der Waals surface area (Å²) in [6.45, 7) is 1.06.